The van der Waals surface area contributed by atoms with Gasteiger partial charge in [-0.3, -0.25) is 9.59 Å². The molecular formula is C14H23NO4. The molecule has 1 heterocycles. The molecule has 1 saturated heterocycles. The summed E-state index contributed by atoms with van der Waals surface area (Å²) in [6, 6.07) is 0. The van der Waals surface area contributed by atoms with Crippen LogP contribution in [-0.2, 0) is 14.3 Å². The number of amides is 1. The van der Waals surface area contributed by atoms with E-state index in [1.54, 1.807) is 0 Å². The van der Waals surface area contributed by atoms with Crippen LogP contribution >= 0.6 is 0 Å². The molecule has 1 aliphatic carbocycles. The molecule has 0 spiro atoms. The number of rotatable bonds is 5. The highest BCUT2D eigenvalue weighted by molar-refractivity contribution is 5.80. The van der Waals surface area contributed by atoms with Crippen molar-refractivity contribution in [2.75, 3.05) is 13.2 Å². The molecule has 0 aromatic carbocycles. The van der Waals surface area contributed by atoms with Gasteiger partial charge in [0.1, 0.15) is 0 Å². The van der Waals surface area contributed by atoms with Crippen LogP contribution in [0.25, 0.3) is 0 Å². The fourth-order valence-electron chi connectivity index (χ4n) is 2.98. The first-order valence-electron chi connectivity index (χ1n) is 7.29. The number of hydrogen-bond donors (Lipinski definition) is 2. The summed E-state index contributed by atoms with van der Waals surface area (Å²) in [6.45, 7) is 1.47. The predicted molar refractivity (Wildman–Crippen MR) is 69.7 cm³/mol. The first-order chi connectivity index (χ1) is 9.16. The first kappa shape index (κ1) is 14.3. The van der Waals surface area contributed by atoms with Gasteiger partial charge in [0.05, 0.1) is 12.0 Å². The first-order valence-corrected chi connectivity index (χ1v) is 7.29. The van der Waals surface area contributed by atoms with Crippen LogP contribution in [0, 0.1) is 11.8 Å². The standard InChI is InChI=1S/C14H23NO4/c16-13(10-4-5-11(9-10)14(17)18)15-7-6-12-3-1-2-8-19-12/h10-12H,1-9H2,(H,15,16)(H,17,18)/t10-,11+,12?/m1/s1. The van der Waals surface area contributed by atoms with Crippen molar-refractivity contribution in [3.63, 3.8) is 0 Å². The van der Waals surface area contributed by atoms with Gasteiger partial charge in [-0.15, -0.1) is 0 Å². The predicted octanol–water partition coefficient (Wildman–Crippen LogP) is 1.56. The lowest BCUT2D eigenvalue weighted by molar-refractivity contribution is -0.141. The number of nitrogens with one attached hydrogen (secondary N) is 1. The maximum atomic E-state index is 11.9. The molecule has 2 N–H and O–H groups in total. The van der Waals surface area contributed by atoms with E-state index < -0.39 is 5.97 Å². The maximum absolute atomic E-state index is 11.9. The highest BCUT2D eigenvalue weighted by atomic mass is 16.5. The summed E-state index contributed by atoms with van der Waals surface area (Å²) in [5.41, 5.74) is 0. The Morgan fingerprint density at radius 1 is 1.16 bits per heavy atom. The number of hydrogen-bond acceptors (Lipinski definition) is 3. The Labute approximate surface area is 113 Å². The summed E-state index contributed by atoms with van der Waals surface area (Å²) < 4.78 is 5.60. The molecule has 108 valence electrons. The molecule has 3 atom stereocenters. The van der Waals surface area contributed by atoms with E-state index in [1.807, 2.05) is 0 Å². The lowest BCUT2D eigenvalue weighted by Gasteiger charge is -2.22. The minimum absolute atomic E-state index is 0.0135. The van der Waals surface area contributed by atoms with Gasteiger partial charge in [0.2, 0.25) is 5.91 Å². The Balaban J connectivity index is 1.63. The fourth-order valence-corrected chi connectivity index (χ4v) is 2.98. The number of carboxylic acids is 1. The summed E-state index contributed by atoms with van der Waals surface area (Å²) in [4.78, 5) is 22.8. The second-order valence-electron chi connectivity index (χ2n) is 5.61. The topological polar surface area (TPSA) is 75.6 Å². The molecule has 0 bridgehead atoms. The van der Waals surface area contributed by atoms with Crippen LogP contribution in [0.5, 0.6) is 0 Å². The van der Waals surface area contributed by atoms with E-state index in [2.05, 4.69) is 5.32 Å². The van der Waals surface area contributed by atoms with Crippen molar-refractivity contribution in [2.45, 2.75) is 51.0 Å². The van der Waals surface area contributed by atoms with Gasteiger partial charge >= 0.3 is 5.97 Å². The summed E-state index contributed by atoms with van der Waals surface area (Å²) in [6.07, 6.45) is 6.39. The van der Waals surface area contributed by atoms with E-state index in [0.29, 0.717) is 25.8 Å². The van der Waals surface area contributed by atoms with Gasteiger partial charge < -0.3 is 15.2 Å². The molecular weight excluding hydrogens is 246 g/mol. The molecule has 19 heavy (non-hydrogen) atoms. The zero-order chi connectivity index (χ0) is 13.7. The van der Waals surface area contributed by atoms with Gasteiger partial charge in [0.25, 0.3) is 0 Å². The summed E-state index contributed by atoms with van der Waals surface area (Å²) in [5, 5.41) is 11.8. The molecule has 1 unspecified atom stereocenters. The Morgan fingerprint density at radius 2 is 1.95 bits per heavy atom. The highest BCUT2D eigenvalue weighted by Crippen LogP contribution is 2.31. The van der Waals surface area contributed by atoms with Crippen LogP contribution in [0.1, 0.15) is 44.9 Å². The zero-order valence-electron chi connectivity index (χ0n) is 11.3. The van der Waals surface area contributed by atoms with Gasteiger partial charge in [-0.1, -0.05) is 0 Å². The van der Waals surface area contributed by atoms with E-state index in [4.69, 9.17) is 9.84 Å². The Morgan fingerprint density at radius 3 is 2.58 bits per heavy atom. The lowest BCUT2D eigenvalue weighted by atomic mass is 10.0. The number of carboxylic acid groups (broad SMARTS) is 1. The van der Waals surface area contributed by atoms with E-state index in [-0.39, 0.29) is 23.8 Å². The molecule has 0 radical (unpaired) electrons. The van der Waals surface area contributed by atoms with E-state index in [9.17, 15) is 9.59 Å². The van der Waals surface area contributed by atoms with Gasteiger partial charge in [0.15, 0.2) is 0 Å². The largest absolute Gasteiger partial charge is 0.481 e. The second-order valence-corrected chi connectivity index (χ2v) is 5.61. The van der Waals surface area contributed by atoms with Crippen molar-refractivity contribution in [1.29, 1.82) is 0 Å². The fraction of sp³-hybridized carbons (Fsp3) is 0.857. The van der Waals surface area contributed by atoms with Crippen molar-refractivity contribution in [3.05, 3.63) is 0 Å². The highest BCUT2D eigenvalue weighted by Gasteiger charge is 2.33. The monoisotopic (exact) mass is 269 g/mol. The van der Waals surface area contributed by atoms with Gasteiger partial charge in [0, 0.05) is 19.1 Å². The minimum atomic E-state index is -0.772. The number of carbonyl (C=O) groups is 2. The van der Waals surface area contributed by atoms with E-state index >= 15 is 0 Å². The van der Waals surface area contributed by atoms with Crippen LogP contribution in [0.4, 0.5) is 0 Å². The smallest absolute Gasteiger partial charge is 0.306 e. The molecule has 5 nitrogen and oxygen atoms in total. The number of aliphatic carboxylic acids is 1. The van der Waals surface area contributed by atoms with E-state index in [0.717, 1.165) is 25.9 Å². The van der Waals surface area contributed by atoms with Crippen LogP contribution in [0.3, 0.4) is 0 Å². The van der Waals surface area contributed by atoms with Crippen molar-refractivity contribution in [3.8, 4) is 0 Å². The van der Waals surface area contributed by atoms with Gasteiger partial charge in [-0.2, -0.15) is 0 Å². The van der Waals surface area contributed by atoms with Crippen molar-refractivity contribution >= 4 is 11.9 Å². The van der Waals surface area contributed by atoms with Crippen molar-refractivity contribution in [1.82, 2.24) is 5.32 Å². The number of ether oxygens (including phenoxy) is 1. The third kappa shape index (κ3) is 4.20. The second kappa shape index (κ2) is 6.89. The number of carbonyl (C=O) groups excluding carboxylic acids is 1. The van der Waals surface area contributed by atoms with Gasteiger partial charge in [-0.25, -0.2) is 0 Å². The Bertz CT molecular complexity index is 325. The third-order valence-electron chi connectivity index (χ3n) is 4.19. The van der Waals surface area contributed by atoms with Crippen LogP contribution in [-0.4, -0.2) is 36.2 Å². The Hall–Kier alpha value is -1.10. The summed E-state index contributed by atoms with van der Waals surface area (Å²) in [5.74, 6) is -1.21. The van der Waals surface area contributed by atoms with Crippen LogP contribution in [0.15, 0.2) is 0 Å². The molecule has 1 saturated carbocycles. The maximum Gasteiger partial charge on any atom is 0.306 e. The molecule has 5 heteroatoms. The summed E-state index contributed by atoms with van der Waals surface area (Å²) in [7, 11) is 0. The quantitative estimate of drug-likeness (QED) is 0.794. The Kier molecular flexibility index (Phi) is 5.19. The third-order valence-corrected chi connectivity index (χ3v) is 4.19. The normalized spacial score (nSPS) is 31.1. The molecule has 1 aliphatic heterocycles. The SMILES string of the molecule is O=C(O)[C@H]1CC[C@@H](C(=O)NCCC2CCCCO2)C1. The van der Waals surface area contributed by atoms with Crippen molar-refractivity contribution in [2.24, 2.45) is 11.8 Å². The van der Waals surface area contributed by atoms with Crippen molar-refractivity contribution < 1.29 is 19.4 Å². The van der Waals surface area contributed by atoms with Gasteiger partial charge in [-0.05, 0) is 44.9 Å². The molecule has 2 rings (SSSR count). The minimum Gasteiger partial charge on any atom is -0.481 e. The molecule has 2 fully saturated rings. The molecule has 0 aromatic heterocycles. The summed E-state index contributed by atoms with van der Waals surface area (Å²) >= 11 is 0. The average Bonchev–Trinajstić information content (AvgIpc) is 2.89. The molecule has 1 amide bonds. The van der Waals surface area contributed by atoms with E-state index in [1.165, 1.54) is 6.42 Å². The van der Waals surface area contributed by atoms with Crippen LogP contribution in [0.2, 0.25) is 0 Å². The molecule has 2 aliphatic rings. The zero-order valence-corrected chi connectivity index (χ0v) is 11.3. The lowest BCUT2D eigenvalue weighted by Crippen LogP contribution is -2.33. The average molecular weight is 269 g/mol. The molecule has 0 aromatic rings. The van der Waals surface area contributed by atoms with Crippen LogP contribution < -0.4 is 5.32 Å².